The normalized spacial score (nSPS) is 20.6. The summed E-state index contributed by atoms with van der Waals surface area (Å²) >= 11 is 0. The van der Waals surface area contributed by atoms with E-state index in [9.17, 15) is 4.79 Å². The molecule has 1 aromatic carbocycles. The minimum atomic E-state index is -0.399. The SMILES string of the molecule is O=C(c1ccc2ncoc2c1)C1CNCCO1. The summed E-state index contributed by atoms with van der Waals surface area (Å²) < 4.78 is 10.6. The van der Waals surface area contributed by atoms with Crippen molar-refractivity contribution >= 4 is 16.9 Å². The van der Waals surface area contributed by atoms with Gasteiger partial charge in [0, 0.05) is 18.7 Å². The van der Waals surface area contributed by atoms with Crippen molar-refractivity contribution in [1.29, 1.82) is 0 Å². The summed E-state index contributed by atoms with van der Waals surface area (Å²) in [6.07, 6.45) is 0.974. The number of morpholine rings is 1. The molecule has 1 unspecified atom stereocenters. The summed E-state index contributed by atoms with van der Waals surface area (Å²) in [6, 6.07) is 5.25. The van der Waals surface area contributed by atoms with Gasteiger partial charge in [-0.3, -0.25) is 4.79 Å². The number of ether oxygens (including phenoxy) is 1. The summed E-state index contributed by atoms with van der Waals surface area (Å²) in [7, 11) is 0. The van der Waals surface area contributed by atoms with E-state index in [0.717, 1.165) is 12.1 Å². The molecule has 1 fully saturated rings. The average Bonchev–Trinajstić information content (AvgIpc) is 2.86. The molecule has 0 spiro atoms. The number of hydrogen-bond acceptors (Lipinski definition) is 5. The zero-order chi connectivity index (χ0) is 11.7. The Kier molecular flexibility index (Phi) is 2.62. The predicted octanol–water partition coefficient (Wildman–Crippen LogP) is 0.999. The maximum Gasteiger partial charge on any atom is 0.192 e. The van der Waals surface area contributed by atoms with E-state index in [1.54, 1.807) is 18.2 Å². The van der Waals surface area contributed by atoms with E-state index in [2.05, 4.69) is 10.3 Å². The molecule has 0 bridgehead atoms. The van der Waals surface area contributed by atoms with Crippen LogP contribution < -0.4 is 5.32 Å². The minimum Gasteiger partial charge on any atom is -0.443 e. The second kappa shape index (κ2) is 4.27. The van der Waals surface area contributed by atoms with Crippen LogP contribution in [0.3, 0.4) is 0 Å². The number of hydrogen-bond donors (Lipinski definition) is 1. The molecular weight excluding hydrogens is 220 g/mol. The molecule has 88 valence electrons. The third-order valence-electron chi connectivity index (χ3n) is 2.84. The molecule has 1 aliphatic heterocycles. The monoisotopic (exact) mass is 232 g/mol. The van der Waals surface area contributed by atoms with Gasteiger partial charge < -0.3 is 14.5 Å². The lowest BCUT2D eigenvalue weighted by molar-refractivity contribution is 0.0269. The van der Waals surface area contributed by atoms with E-state index < -0.39 is 6.10 Å². The Morgan fingerprint density at radius 3 is 3.24 bits per heavy atom. The first kappa shape index (κ1) is 10.4. The summed E-state index contributed by atoms with van der Waals surface area (Å²) in [5.41, 5.74) is 1.98. The van der Waals surface area contributed by atoms with Crippen LogP contribution in [0.4, 0.5) is 0 Å². The number of fused-ring (bicyclic) bond motifs is 1. The summed E-state index contributed by atoms with van der Waals surface area (Å²) in [6.45, 7) is 1.93. The fourth-order valence-corrected chi connectivity index (χ4v) is 1.93. The van der Waals surface area contributed by atoms with Crippen molar-refractivity contribution in [2.24, 2.45) is 0 Å². The largest absolute Gasteiger partial charge is 0.443 e. The zero-order valence-electron chi connectivity index (χ0n) is 9.18. The van der Waals surface area contributed by atoms with Gasteiger partial charge in [0.1, 0.15) is 11.6 Å². The maximum absolute atomic E-state index is 12.1. The standard InChI is InChI=1S/C12H12N2O3/c15-12(11-6-13-3-4-16-11)8-1-2-9-10(5-8)17-7-14-9/h1-2,5,7,11,13H,3-4,6H2. The number of ketones is 1. The number of aromatic nitrogens is 1. The molecule has 0 radical (unpaired) electrons. The van der Waals surface area contributed by atoms with E-state index in [-0.39, 0.29) is 5.78 Å². The van der Waals surface area contributed by atoms with Crippen LogP contribution in [0.25, 0.3) is 11.1 Å². The Hall–Kier alpha value is -1.72. The van der Waals surface area contributed by atoms with Crippen LogP contribution in [0.2, 0.25) is 0 Å². The quantitative estimate of drug-likeness (QED) is 0.782. The van der Waals surface area contributed by atoms with Crippen LogP contribution in [-0.4, -0.2) is 36.6 Å². The Morgan fingerprint density at radius 2 is 2.41 bits per heavy atom. The van der Waals surface area contributed by atoms with Gasteiger partial charge in [-0.05, 0) is 18.2 Å². The number of nitrogens with zero attached hydrogens (tertiary/aromatic N) is 1. The highest BCUT2D eigenvalue weighted by molar-refractivity contribution is 6.01. The number of oxazole rings is 1. The first-order chi connectivity index (χ1) is 8.34. The Labute approximate surface area is 97.8 Å². The highest BCUT2D eigenvalue weighted by Gasteiger charge is 2.23. The van der Waals surface area contributed by atoms with Gasteiger partial charge in [0.2, 0.25) is 0 Å². The van der Waals surface area contributed by atoms with Crippen LogP contribution in [0.15, 0.2) is 29.0 Å². The van der Waals surface area contributed by atoms with E-state index in [0.29, 0.717) is 24.3 Å². The third kappa shape index (κ3) is 1.94. The summed E-state index contributed by atoms with van der Waals surface area (Å²) in [5.74, 6) is -0.0181. The highest BCUT2D eigenvalue weighted by Crippen LogP contribution is 2.16. The fourth-order valence-electron chi connectivity index (χ4n) is 1.93. The van der Waals surface area contributed by atoms with E-state index in [4.69, 9.17) is 9.15 Å². The Balaban J connectivity index is 1.88. The smallest absolute Gasteiger partial charge is 0.192 e. The van der Waals surface area contributed by atoms with E-state index >= 15 is 0 Å². The number of carbonyl (C=O) groups is 1. The molecule has 17 heavy (non-hydrogen) atoms. The van der Waals surface area contributed by atoms with Crippen molar-refractivity contribution in [2.75, 3.05) is 19.7 Å². The van der Waals surface area contributed by atoms with Crippen LogP contribution >= 0.6 is 0 Å². The molecule has 2 heterocycles. The molecule has 1 atom stereocenters. The average molecular weight is 232 g/mol. The third-order valence-corrected chi connectivity index (χ3v) is 2.84. The number of benzene rings is 1. The van der Waals surface area contributed by atoms with Crippen LogP contribution in [0.1, 0.15) is 10.4 Å². The van der Waals surface area contributed by atoms with Gasteiger partial charge in [0.15, 0.2) is 17.8 Å². The number of Topliss-reactive ketones (excluding diaryl/α,β-unsaturated/α-hetero) is 1. The number of nitrogens with one attached hydrogen (secondary N) is 1. The molecule has 2 aromatic rings. The lowest BCUT2D eigenvalue weighted by Crippen LogP contribution is -2.43. The molecule has 3 rings (SSSR count). The lowest BCUT2D eigenvalue weighted by atomic mass is 10.1. The fraction of sp³-hybridized carbons (Fsp3) is 0.333. The Bertz CT molecular complexity index is 543. The van der Waals surface area contributed by atoms with Crippen molar-refractivity contribution in [2.45, 2.75) is 6.10 Å². The second-order valence-electron chi connectivity index (χ2n) is 3.96. The summed E-state index contributed by atoms with van der Waals surface area (Å²) in [5, 5.41) is 3.14. The molecule has 0 aliphatic carbocycles. The first-order valence-corrected chi connectivity index (χ1v) is 5.54. The zero-order valence-corrected chi connectivity index (χ0v) is 9.18. The van der Waals surface area contributed by atoms with Gasteiger partial charge in [-0.25, -0.2) is 4.98 Å². The molecule has 1 saturated heterocycles. The second-order valence-corrected chi connectivity index (χ2v) is 3.96. The van der Waals surface area contributed by atoms with Crippen LogP contribution in [0, 0.1) is 0 Å². The molecule has 1 aliphatic rings. The number of rotatable bonds is 2. The van der Waals surface area contributed by atoms with Gasteiger partial charge in [-0.1, -0.05) is 0 Å². The van der Waals surface area contributed by atoms with Gasteiger partial charge in [-0.15, -0.1) is 0 Å². The van der Waals surface area contributed by atoms with Gasteiger partial charge in [-0.2, -0.15) is 0 Å². The molecule has 0 amide bonds. The van der Waals surface area contributed by atoms with Gasteiger partial charge >= 0.3 is 0 Å². The highest BCUT2D eigenvalue weighted by atomic mass is 16.5. The van der Waals surface area contributed by atoms with Crippen molar-refractivity contribution in [3.05, 3.63) is 30.2 Å². The molecule has 5 nitrogen and oxygen atoms in total. The van der Waals surface area contributed by atoms with Gasteiger partial charge in [0.05, 0.1) is 6.61 Å². The van der Waals surface area contributed by atoms with Crippen LogP contribution in [-0.2, 0) is 4.74 Å². The maximum atomic E-state index is 12.1. The van der Waals surface area contributed by atoms with Crippen molar-refractivity contribution < 1.29 is 13.9 Å². The van der Waals surface area contributed by atoms with Crippen molar-refractivity contribution in [3.8, 4) is 0 Å². The molecular formula is C12H12N2O3. The van der Waals surface area contributed by atoms with E-state index in [1.165, 1.54) is 6.39 Å². The topological polar surface area (TPSA) is 64.4 Å². The first-order valence-electron chi connectivity index (χ1n) is 5.54. The summed E-state index contributed by atoms with van der Waals surface area (Å²) in [4.78, 5) is 16.1. The van der Waals surface area contributed by atoms with Gasteiger partial charge in [0.25, 0.3) is 0 Å². The predicted molar refractivity (Wildman–Crippen MR) is 60.9 cm³/mol. The van der Waals surface area contributed by atoms with Crippen molar-refractivity contribution in [1.82, 2.24) is 10.3 Å². The van der Waals surface area contributed by atoms with Crippen molar-refractivity contribution in [3.63, 3.8) is 0 Å². The van der Waals surface area contributed by atoms with E-state index in [1.807, 2.05) is 0 Å². The molecule has 1 N–H and O–H groups in total. The minimum absolute atomic E-state index is 0.0181. The lowest BCUT2D eigenvalue weighted by Gasteiger charge is -2.22. The van der Waals surface area contributed by atoms with Crippen LogP contribution in [0.5, 0.6) is 0 Å². The molecule has 5 heteroatoms. The molecule has 1 aromatic heterocycles. The number of carbonyl (C=O) groups excluding carboxylic acids is 1. The Morgan fingerprint density at radius 1 is 1.47 bits per heavy atom. The molecule has 0 saturated carbocycles.